The Morgan fingerprint density at radius 1 is 1.30 bits per heavy atom. The molecule has 1 saturated heterocycles. The molecule has 1 aromatic carbocycles. The number of pyridine rings is 1. The van der Waals surface area contributed by atoms with Gasteiger partial charge in [0.15, 0.2) is 5.82 Å². The minimum absolute atomic E-state index is 0.0834. The molecular weight excluding hydrogens is 433 g/mol. The van der Waals surface area contributed by atoms with Gasteiger partial charge in [-0.3, -0.25) is 4.90 Å². The van der Waals surface area contributed by atoms with Crippen molar-refractivity contribution in [3.05, 3.63) is 46.9 Å². The van der Waals surface area contributed by atoms with Crippen LogP contribution in [0.3, 0.4) is 0 Å². The van der Waals surface area contributed by atoms with Crippen LogP contribution in [0.1, 0.15) is 34.1 Å². The quantitative estimate of drug-likeness (QED) is 0.314. The van der Waals surface area contributed by atoms with Gasteiger partial charge in [0.25, 0.3) is 0 Å². The van der Waals surface area contributed by atoms with Crippen molar-refractivity contribution >= 4 is 35.1 Å². The van der Waals surface area contributed by atoms with E-state index in [1.807, 2.05) is 11.8 Å². The Bertz CT molecular complexity index is 912. The molecule has 2 heterocycles. The molecule has 2 atom stereocenters. The van der Waals surface area contributed by atoms with E-state index in [4.69, 9.17) is 11.6 Å². The van der Waals surface area contributed by atoms with Crippen LogP contribution in [0, 0.1) is 17.6 Å². The predicted molar refractivity (Wildman–Crippen MR) is 118 cm³/mol. The van der Waals surface area contributed by atoms with Gasteiger partial charge >= 0.3 is 0 Å². The van der Waals surface area contributed by atoms with Crippen molar-refractivity contribution in [2.24, 2.45) is 0 Å². The normalized spacial score (nSPS) is 21.5. The monoisotopic (exact) mass is 458 g/mol. The van der Waals surface area contributed by atoms with Crippen LogP contribution in [0.2, 0.25) is 5.02 Å². The standard InChI is InChI=1S/C21H26ClF3N4S/c1-5-28(6-2)21(4)11-13(3)29(12-21)15-10-14(23)20(19(25)18(15)22)30-27-17-9-7-8-16(24)26-17/h7-10,13H,5-6,11-12H2,1-4H3,(H,26,27)/t13-,21+/m1/s1. The zero-order valence-electron chi connectivity index (χ0n) is 17.5. The third kappa shape index (κ3) is 4.50. The van der Waals surface area contributed by atoms with Crippen molar-refractivity contribution < 1.29 is 13.2 Å². The molecule has 1 fully saturated rings. The number of nitrogens with one attached hydrogen (secondary N) is 1. The maximum absolute atomic E-state index is 15.0. The van der Waals surface area contributed by atoms with Gasteiger partial charge in [-0.15, -0.1) is 0 Å². The summed E-state index contributed by atoms with van der Waals surface area (Å²) in [5.74, 6) is -2.11. The Kier molecular flexibility index (Phi) is 7.09. The average molecular weight is 459 g/mol. The molecule has 1 aliphatic heterocycles. The molecule has 1 aromatic heterocycles. The van der Waals surface area contributed by atoms with Gasteiger partial charge in [-0.2, -0.15) is 4.39 Å². The van der Waals surface area contributed by atoms with Crippen molar-refractivity contribution in [2.75, 3.05) is 29.3 Å². The highest BCUT2D eigenvalue weighted by molar-refractivity contribution is 8.00. The van der Waals surface area contributed by atoms with Crippen molar-refractivity contribution in [3.63, 3.8) is 0 Å². The topological polar surface area (TPSA) is 31.4 Å². The molecule has 3 rings (SSSR count). The average Bonchev–Trinajstić information content (AvgIpc) is 3.00. The van der Waals surface area contributed by atoms with Crippen LogP contribution >= 0.6 is 23.5 Å². The highest BCUT2D eigenvalue weighted by atomic mass is 35.5. The van der Waals surface area contributed by atoms with Crippen LogP contribution in [0.4, 0.5) is 24.7 Å². The Balaban J connectivity index is 1.85. The first kappa shape index (κ1) is 23.0. The molecule has 1 aliphatic rings. The number of likely N-dealkylation sites (N-methyl/N-ethyl adjacent to an activating group) is 1. The van der Waals surface area contributed by atoms with Crippen LogP contribution in [-0.4, -0.2) is 41.1 Å². The van der Waals surface area contributed by atoms with Gasteiger partial charge in [0.2, 0.25) is 5.95 Å². The molecule has 0 saturated carbocycles. The van der Waals surface area contributed by atoms with E-state index < -0.39 is 17.6 Å². The second-order valence-electron chi connectivity index (χ2n) is 7.73. The van der Waals surface area contributed by atoms with E-state index in [0.29, 0.717) is 24.2 Å². The number of nitrogens with zero attached hydrogens (tertiary/aromatic N) is 3. The van der Waals surface area contributed by atoms with Crippen molar-refractivity contribution in [1.82, 2.24) is 9.88 Å². The summed E-state index contributed by atoms with van der Waals surface area (Å²) < 4.78 is 45.7. The lowest BCUT2D eigenvalue weighted by Gasteiger charge is -2.37. The van der Waals surface area contributed by atoms with E-state index >= 15 is 4.39 Å². The summed E-state index contributed by atoms with van der Waals surface area (Å²) >= 11 is 7.02. The smallest absolute Gasteiger partial charge is 0.214 e. The summed E-state index contributed by atoms with van der Waals surface area (Å²) in [7, 11) is 0. The summed E-state index contributed by atoms with van der Waals surface area (Å²) in [6, 6.07) is 5.50. The lowest BCUT2D eigenvalue weighted by atomic mass is 9.96. The third-order valence-corrected chi connectivity index (χ3v) is 6.93. The summed E-state index contributed by atoms with van der Waals surface area (Å²) in [6.07, 6.45) is 0.873. The Labute approximate surface area is 184 Å². The Morgan fingerprint density at radius 2 is 2.00 bits per heavy atom. The number of aromatic nitrogens is 1. The van der Waals surface area contributed by atoms with E-state index in [1.165, 1.54) is 24.3 Å². The summed E-state index contributed by atoms with van der Waals surface area (Å²) in [6.45, 7) is 10.9. The lowest BCUT2D eigenvalue weighted by Crippen LogP contribution is -2.48. The predicted octanol–water partition coefficient (Wildman–Crippen LogP) is 5.97. The third-order valence-electron chi connectivity index (χ3n) is 5.68. The maximum atomic E-state index is 15.0. The number of hydrogen-bond donors (Lipinski definition) is 1. The lowest BCUT2D eigenvalue weighted by molar-refractivity contribution is 0.135. The maximum Gasteiger partial charge on any atom is 0.214 e. The molecular formula is C21H26ClF3N4S. The zero-order chi connectivity index (χ0) is 22.1. The fourth-order valence-electron chi connectivity index (χ4n) is 4.31. The van der Waals surface area contributed by atoms with Crippen LogP contribution in [0.5, 0.6) is 0 Å². The van der Waals surface area contributed by atoms with Gasteiger partial charge < -0.3 is 9.62 Å². The molecule has 30 heavy (non-hydrogen) atoms. The molecule has 0 bridgehead atoms. The highest BCUT2D eigenvalue weighted by Gasteiger charge is 2.43. The van der Waals surface area contributed by atoms with E-state index in [0.717, 1.165) is 19.5 Å². The number of rotatable bonds is 7. The van der Waals surface area contributed by atoms with Gasteiger partial charge in [0, 0.05) is 24.2 Å². The van der Waals surface area contributed by atoms with Gasteiger partial charge in [0.05, 0.1) is 5.69 Å². The van der Waals surface area contributed by atoms with Gasteiger partial charge in [0.1, 0.15) is 21.6 Å². The number of halogens is 4. The second kappa shape index (κ2) is 9.24. The molecule has 9 heteroatoms. The zero-order valence-corrected chi connectivity index (χ0v) is 19.0. The molecule has 0 unspecified atom stereocenters. The van der Waals surface area contributed by atoms with Gasteiger partial charge in [-0.1, -0.05) is 31.5 Å². The fourth-order valence-corrected chi connectivity index (χ4v) is 5.29. The van der Waals surface area contributed by atoms with Crippen molar-refractivity contribution in [3.8, 4) is 0 Å². The van der Waals surface area contributed by atoms with Crippen molar-refractivity contribution in [1.29, 1.82) is 0 Å². The van der Waals surface area contributed by atoms with Crippen LogP contribution in [-0.2, 0) is 0 Å². The Morgan fingerprint density at radius 3 is 2.63 bits per heavy atom. The van der Waals surface area contributed by atoms with Gasteiger partial charge in [-0.25, -0.2) is 13.8 Å². The van der Waals surface area contributed by atoms with E-state index in [-0.39, 0.29) is 27.3 Å². The van der Waals surface area contributed by atoms with Gasteiger partial charge in [-0.05, 0) is 57.4 Å². The van der Waals surface area contributed by atoms with Crippen LogP contribution in [0.15, 0.2) is 29.2 Å². The number of benzene rings is 1. The van der Waals surface area contributed by atoms with E-state index in [9.17, 15) is 8.78 Å². The molecule has 1 N–H and O–H groups in total. The fraction of sp³-hybridized carbons (Fsp3) is 0.476. The minimum Gasteiger partial charge on any atom is -0.366 e. The molecule has 0 aliphatic carbocycles. The highest BCUT2D eigenvalue weighted by Crippen LogP contribution is 2.42. The van der Waals surface area contributed by atoms with E-state index in [2.05, 4.69) is 35.4 Å². The molecule has 0 amide bonds. The summed E-state index contributed by atoms with van der Waals surface area (Å²) in [5, 5.41) is -0.122. The second-order valence-corrected chi connectivity index (χ2v) is 8.93. The van der Waals surface area contributed by atoms with Crippen LogP contribution in [0.25, 0.3) is 0 Å². The molecule has 164 valence electrons. The Hall–Kier alpha value is -1.64. The summed E-state index contributed by atoms with van der Waals surface area (Å²) in [5.41, 5.74) is 0.250. The first-order chi connectivity index (χ1) is 14.2. The first-order valence-electron chi connectivity index (χ1n) is 9.94. The van der Waals surface area contributed by atoms with Crippen LogP contribution < -0.4 is 9.62 Å². The molecule has 4 nitrogen and oxygen atoms in total. The molecule has 2 aromatic rings. The van der Waals surface area contributed by atoms with E-state index in [1.54, 1.807) is 0 Å². The largest absolute Gasteiger partial charge is 0.366 e. The molecule has 0 radical (unpaired) electrons. The first-order valence-corrected chi connectivity index (χ1v) is 11.1. The number of hydrogen-bond acceptors (Lipinski definition) is 5. The SMILES string of the molecule is CCN(CC)[C@@]1(C)C[C@@H](C)N(c2cc(F)c(SNc3cccc(F)n3)c(F)c2Cl)C1. The summed E-state index contributed by atoms with van der Waals surface area (Å²) in [4.78, 5) is 7.68. The number of anilines is 2. The van der Waals surface area contributed by atoms with Crippen molar-refractivity contribution in [2.45, 2.75) is 50.6 Å². The molecule has 0 spiro atoms. The minimum atomic E-state index is -0.843.